The van der Waals surface area contributed by atoms with Crippen LogP contribution in [-0.4, -0.2) is 34.9 Å². The van der Waals surface area contributed by atoms with Crippen LogP contribution in [0.5, 0.6) is 0 Å². The number of aromatic nitrogens is 1. The van der Waals surface area contributed by atoms with E-state index in [0.717, 1.165) is 16.3 Å². The first-order valence-electron chi connectivity index (χ1n) is 8.68. The van der Waals surface area contributed by atoms with Crippen LogP contribution in [0, 0.1) is 0 Å². The molecular weight excluding hydrogens is 330 g/mol. The largest absolute Gasteiger partial charge is 0.350 e. The maximum atomic E-state index is 12.0. The molecule has 1 aromatic carbocycles. The molecule has 0 spiro atoms. The predicted octanol–water partition coefficient (Wildman–Crippen LogP) is 4.28. The minimum atomic E-state index is -0.201. The Bertz CT molecular complexity index is 698. The average molecular weight is 360 g/mol. The second-order valence-electron chi connectivity index (χ2n) is 7.89. The molecule has 1 amide bonds. The van der Waals surface area contributed by atoms with Crippen LogP contribution in [0.3, 0.4) is 0 Å². The van der Waals surface area contributed by atoms with Crippen molar-refractivity contribution in [1.29, 1.82) is 0 Å². The zero-order valence-corrected chi connectivity index (χ0v) is 16.9. The molecule has 0 saturated heterocycles. The lowest BCUT2D eigenvalue weighted by Crippen LogP contribution is -2.45. The number of nitrogens with zero attached hydrogens (tertiary/aromatic N) is 2. The van der Waals surface area contributed by atoms with Gasteiger partial charge in [-0.2, -0.15) is 0 Å². The van der Waals surface area contributed by atoms with Crippen molar-refractivity contribution in [3.8, 4) is 10.6 Å². The monoisotopic (exact) mass is 359 g/mol. The number of amides is 1. The van der Waals surface area contributed by atoms with Gasteiger partial charge in [0.05, 0.1) is 12.2 Å². The molecule has 1 heterocycles. The Labute approximate surface area is 155 Å². The van der Waals surface area contributed by atoms with E-state index >= 15 is 0 Å². The standard InChI is InChI=1S/C20H29N3OS/c1-14(2)15-7-9-16(10-8-15)19-21-17(13-25-19)11-23(6)12-18(24)22-20(3,4)5/h7-10,13-14H,11-12H2,1-6H3,(H,22,24). The van der Waals surface area contributed by atoms with Crippen molar-refractivity contribution >= 4 is 17.2 Å². The highest BCUT2D eigenvalue weighted by molar-refractivity contribution is 7.13. The Hall–Kier alpha value is -1.72. The molecule has 0 radical (unpaired) electrons. The predicted molar refractivity (Wildman–Crippen MR) is 106 cm³/mol. The van der Waals surface area contributed by atoms with Crippen molar-refractivity contribution in [3.63, 3.8) is 0 Å². The summed E-state index contributed by atoms with van der Waals surface area (Å²) in [6.45, 7) is 11.4. The van der Waals surface area contributed by atoms with Gasteiger partial charge in [-0.25, -0.2) is 4.98 Å². The molecule has 2 rings (SSSR count). The van der Waals surface area contributed by atoms with E-state index in [9.17, 15) is 4.79 Å². The fraction of sp³-hybridized carbons (Fsp3) is 0.500. The molecule has 0 aliphatic rings. The highest BCUT2D eigenvalue weighted by atomic mass is 32.1. The zero-order valence-electron chi connectivity index (χ0n) is 16.1. The van der Waals surface area contributed by atoms with Gasteiger partial charge in [-0.1, -0.05) is 38.1 Å². The molecule has 1 N–H and O–H groups in total. The van der Waals surface area contributed by atoms with E-state index < -0.39 is 0 Å². The molecule has 0 aliphatic heterocycles. The van der Waals surface area contributed by atoms with E-state index in [2.05, 4.69) is 48.8 Å². The highest BCUT2D eigenvalue weighted by Crippen LogP contribution is 2.26. The van der Waals surface area contributed by atoms with E-state index in [0.29, 0.717) is 19.0 Å². The lowest BCUT2D eigenvalue weighted by atomic mass is 10.0. The molecule has 0 atom stereocenters. The van der Waals surface area contributed by atoms with Crippen molar-refractivity contribution in [2.24, 2.45) is 0 Å². The number of hydrogen-bond donors (Lipinski definition) is 1. The molecule has 5 heteroatoms. The van der Waals surface area contributed by atoms with E-state index in [1.807, 2.05) is 32.7 Å². The molecule has 0 unspecified atom stereocenters. The Balaban J connectivity index is 1.95. The second kappa shape index (κ2) is 8.11. The first kappa shape index (κ1) is 19.6. The number of hydrogen-bond acceptors (Lipinski definition) is 4. The summed E-state index contributed by atoms with van der Waals surface area (Å²) < 4.78 is 0. The summed E-state index contributed by atoms with van der Waals surface area (Å²) in [5, 5.41) is 6.08. The third-order valence-electron chi connectivity index (χ3n) is 3.74. The Morgan fingerprint density at radius 2 is 1.88 bits per heavy atom. The summed E-state index contributed by atoms with van der Waals surface area (Å²) in [6.07, 6.45) is 0. The van der Waals surface area contributed by atoms with Gasteiger partial charge < -0.3 is 5.32 Å². The number of carbonyl (C=O) groups excluding carboxylic acids is 1. The molecular formula is C20H29N3OS. The third kappa shape index (κ3) is 6.25. The molecule has 2 aromatic rings. The highest BCUT2D eigenvalue weighted by Gasteiger charge is 2.16. The fourth-order valence-corrected chi connectivity index (χ4v) is 3.38. The minimum Gasteiger partial charge on any atom is -0.350 e. The van der Waals surface area contributed by atoms with Gasteiger partial charge in [0, 0.05) is 23.0 Å². The molecule has 1 aromatic heterocycles. The summed E-state index contributed by atoms with van der Waals surface area (Å²) in [4.78, 5) is 18.7. The summed E-state index contributed by atoms with van der Waals surface area (Å²) in [5.41, 5.74) is 3.28. The van der Waals surface area contributed by atoms with Crippen LogP contribution in [0.1, 0.15) is 51.8 Å². The Morgan fingerprint density at radius 1 is 1.24 bits per heavy atom. The molecule has 25 heavy (non-hydrogen) atoms. The lowest BCUT2D eigenvalue weighted by molar-refractivity contribution is -0.123. The van der Waals surface area contributed by atoms with Crippen molar-refractivity contribution in [2.75, 3.05) is 13.6 Å². The lowest BCUT2D eigenvalue weighted by Gasteiger charge is -2.23. The van der Waals surface area contributed by atoms with E-state index in [1.54, 1.807) is 11.3 Å². The van der Waals surface area contributed by atoms with Crippen LogP contribution in [0.2, 0.25) is 0 Å². The van der Waals surface area contributed by atoms with E-state index in [1.165, 1.54) is 5.56 Å². The molecule has 0 bridgehead atoms. The van der Waals surface area contributed by atoms with Crippen LogP contribution in [0.25, 0.3) is 10.6 Å². The number of benzene rings is 1. The van der Waals surface area contributed by atoms with Crippen LogP contribution < -0.4 is 5.32 Å². The van der Waals surface area contributed by atoms with Crippen molar-refractivity contribution < 1.29 is 4.79 Å². The van der Waals surface area contributed by atoms with Gasteiger partial charge in [-0.3, -0.25) is 9.69 Å². The average Bonchev–Trinajstić information content (AvgIpc) is 2.93. The van der Waals surface area contributed by atoms with Crippen molar-refractivity contribution in [2.45, 2.75) is 52.6 Å². The summed E-state index contributed by atoms with van der Waals surface area (Å²) in [6, 6.07) is 8.62. The van der Waals surface area contributed by atoms with Crippen LogP contribution in [-0.2, 0) is 11.3 Å². The van der Waals surface area contributed by atoms with Gasteiger partial charge in [0.1, 0.15) is 5.01 Å². The quantitative estimate of drug-likeness (QED) is 0.837. The normalized spacial score (nSPS) is 12.0. The summed E-state index contributed by atoms with van der Waals surface area (Å²) in [7, 11) is 1.94. The number of carbonyl (C=O) groups is 1. The van der Waals surface area contributed by atoms with Gasteiger partial charge in [0.2, 0.25) is 5.91 Å². The molecule has 0 fully saturated rings. The van der Waals surface area contributed by atoms with Gasteiger partial charge in [-0.15, -0.1) is 11.3 Å². The minimum absolute atomic E-state index is 0.0368. The number of thiazole rings is 1. The Morgan fingerprint density at radius 3 is 2.44 bits per heavy atom. The fourth-order valence-electron chi connectivity index (χ4n) is 2.56. The molecule has 136 valence electrons. The number of rotatable bonds is 6. The van der Waals surface area contributed by atoms with Crippen LogP contribution in [0.15, 0.2) is 29.6 Å². The van der Waals surface area contributed by atoms with E-state index in [-0.39, 0.29) is 11.4 Å². The van der Waals surface area contributed by atoms with Crippen LogP contribution in [0.4, 0.5) is 0 Å². The summed E-state index contributed by atoms with van der Waals surface area (Å²) >= 11 is 1.65. The number of likely N-dealkylation sites (N-methyl/N-ethyl adjacent to an activating group) is 1. The maximum absolute atomic E-state index is 12.0. The van der Waals surface area contributed by atoms with E-state index in [4.69, 9.17) is 4.98 Å². The van der Waals surface area contributed by atoms with Gasteiger partial charge in [0.15, 0.2) is 0 Å². The topological polar surface area (TPSA) is 45.2 Å². The zero-order chi connectivity index (χ0) is 18.6. The van der Waals surface area contributed by atoms with Gasteiger partial charge >= 0.3 is 0 Å². The van der Waals surface area contributed by atoms with Crippen molar-refractivity contribution in [3.05, 3.63) is 40.9 Å². The van der Waals surface area contributed by atoms with Crippen LogP contribution >= 0.6 is 11.3 Å². The van der Waals surface area contributed by atoms with Crippen molar-refractivity contribution in [1.82, 2.24) is 15.2 Å². The number of nitrogens with one attached hydrogen (secondary N) is 1. The smallest absolute Gasteiger partial charge is 0.234 e. The summed E-state index contributed by atoms with van der Waals surface area (Å²) in [5.74, 6) is 0.573. The first-order valence-corrected chi connectivity index (χ1v) is 9.56. The second-order valence-corrected chi connectivity index (χ2v) is 8.75. The first-order chi connectivity index (χ1) is 11.6. The SMILES string of the molecule is CC(C)c1ccc(-c2nc(CN(C)CC(=O)NC(C)(C)C)cs2)cc1. The van der Waals surface area contributed by atoms with Gasteiger partial charge in [-0.05, 0) is 39.3 Å². The molecule has 0 saturated carbocycles. The third-order valence-corrected chi connectivity index (χ3v) is 4.68. The molecule has 0 aliphatic carbocycles. The molecule has 4 nitrogen and oxygen atoms in total. The Kier molecular flexibility index (Phi) is 6.36. The van der Waals surface area contributed by atoms with Gasteiger partial charge in [0.25, 0.3) is 0 Å². The maximum Gasteiger partial charge on any atom is 0.234 e.